The molecule has 232 valence electrons. The van der Waals surface area contributed by atoms with Crippen molar-refractivity contribution in [3.63, 3.8) is 0 Å². The van der Waals surface area contributed by atoms with Crippen molar-refractivity contribution >= 4 is 11.6 Å². The molecule has 0 unspecified atom stereocenters. The van der Waals surface area contributed by atoms with Crippen LogP contribution in [0, 0.1) is 0 Å². The number of carbonyl (C=O) groups excluding carboxylic acids is 2. The molecule has 4 nitrogen and oxygen atoms in total. The molecule has 0 spiro atoms. The van der Waals surface area contributed by atoms with Crippen LogP contribution in [0.25, 0.3) is 0 Å². The Morgan fingerprint density at radius 3 is 0.897 bits per heavy atom. The largest absolute Gasteiger partial charge is 0.396 e. The van der Waals surface area contributed by atoms with Gasteiger partial charge in [-0.1, -0.05) is 95.9 Å². The van der Waals surface area contributed by atoms with Gasteiger partial charge in [0.15, 0.2) is 0 Å². The van der Waals surface area contributed by atoms with Gasteiger partial charge in [-0.05, 0) is 90.9 Å². The summed E-state index contributed by atoms with van der Waals surface area (Å²) < 4.78 is 0. The Hall–Kier alpha value is -1.26. The third kappa shape index (κ3) is 46.9. The molecule has 0 aromatic rings. The molecule has 2 N–H and O–H groups in total. The maximum atomic E-state index is 10.7. The van der Waals surface area contributed by atoms with Crippen molar-refractivity contribution in [2.75, 3.05) is 13.2 Å². The molecule has 39 heavy (non-hydrogen) atoms. The van der Waals surface area contributed by atoms with E-state index in [1.807, 2.05) is 0 Å². The lowest BCUT2D eigenvalue weighted by molar-refractivity contribution is -0.117. The molecule has 0 saturated heterocycles. The number of ketones is 2. The molecule has 0 aliphatic carbocycles. The predicted octanol–water partition coefficient (Wildman–Crippen LogP) is 10.2. The van der Waals surface area contributed by atoms with Crippen LogP contribution in [-0.2, 0) is 9.59 Å². The Labute approximate surface area is 244 Å². The first kappa shape index (κ1) is 42.2. The van der Waals surface area contributed by atoms with Crippen molar-refractivity contribution in [1.29, 1.82) is 0 Å². The summed E-state index contributed by atoms with van der Waals surface area (Å²) in [5.41, 5.74) is 0. The molecule has 4 heteroatoms. The maximum Gasteiger partial charge on any atom is 0.129 e. The van der Waals surface area contributed by atoms with Crippen LogP contribution in [0.3, 0.4) is 0 Å². The zero-order valence-corrected chi connectivity index (χ0v) is 25.4. The van der Waals surface area contributed by atoms with Crippen LogP contribution < -0.4 is 0 Å². The van der Waals surface area contributed by atoms with Gasteiger partial charge in [-0.2, -0.15) is 0 Å². The van der Waals surface area contributed by atoms with E-state index in [0.717, 1.165) is 51.4 Å². The molecular weight excluding hydrogens is 484 g/mol. The molecule has 0 fully saturated rings. The average Bonchev–Trinajstić information content (AvgIpc) is 2.89. The van der Waals surface area contributed by atoms with Crippen molar-refractivity contribution in [3.8, 4) is 0 Å². The van der Waals surface area contributed by atoms with Crippen LogP contribution in [0.2, 0.25) is 0 Å². The van der Waals surface area contributed by atoms with Gasteiger partial charge in [-0.15, -0.1) is 0 Å². The second-order valence-corrected chi connectivity index (χ2v) is 10.8. The molecule has 0 aliphatic heterocycles. The number of unbranched alkanes of at least 4 members (excludes halogenated alkanes) is 18. The van der Waals surface area contributed by atoms with E-state index >= 15 is 0 Å². The van der Waals surface area contributed by atoms with E-state index in [0.29, 0.717) is 24.8 Å². The van der Waals surface area contributed by atoms with Gasteiger partial charge in [0.2, 0.25) is 0 Å². The van der Waals surface area contributed by atoms with Crippen LogP contribution in [0.15, 0.2) is 24.3 Å². The first-order chi connectivity index (χ1) is 18.5. The van der Waals surface area contributed by atoms with Crippen molar-refractivity contribution in [1.82, 2.24) is 0 Å². The van der Waals surface area contributed by atoms with E-state index in [9.17, 15) is 9.59 Å². The molecule has 0 atom stereocenters. The number of hydrogen-bond acceptors (Lipinski definition) is 4. The molecule has 0 heterocycles. The van der Waals surface area contributed by atoms with Gasteiger partial charge in [0.05, 0.1) is 0 Å². The minimum Gasteiger partial charge on any atom is -0.396 e. The zero-order valence-electron chi connectivity index (χ0n) is 25.4. The van der Waals surface area contributed by atoms with Crippen LogP contribution in [0.1, 0.15) is 175 Å². The lowest BCUT2D eigenvalue weighted by Gasteiger charge is -1.99. The summed E-state index contributed by atoms with van der Waals surface area (Å²) in [6.45, 7) is 4.02. The number of Topliss-reactive ketones (excluding diaryl/α,β-unsaturated/α-hetero) is 2. The SMILES string of the molecule is C.CC(=O)CCCCCCC/C=C/CCCCCCO.CC(=O)CCCCCCC/C=C\CCCCCCO. The monoisotopic (exact) mass is 553 g/mol. The van der Waals surface area contributed by atoms with E-state index in [-0.39, 0.29) is 7.43 Å². The number of aliphatic hydroxyl groups excluding tert-OH is 2. The topological polar surface area (TPSA) is 74.6 Å². The summed E-state index contributed by atoms with van der Waals surface area (Å²) in [5, 5.41) is 17.3. The van der Waals surface area contributed by atoms with Crippen molar-refractivity contribution in [3.05, 3.63) is 24.3 Å². The highest BCUT2D eigenvalue weighted by atomic mass is 16.3. The van der Waals surface area contributed by atoms with Crippen LogP contribution in [0.5, 0.6) is 0 Å². The van der Waals surface area contributed by atoms with E-state index in [1.54, 1.807) is 13.8 Å². The van der Waals surface area contributed by atoms with Gasteiger partial charge in [-0.3, -0.25) is 0 Å². The quantitative estimate of drug-likeness (QED) is 0.0747. The standard InChI is InChI=1S/2C17H32O2.CH4/c2*1-17(19)15-13-11-9-7-5-3-2-4-6-8-10-12-14-16-18;/h2*2,4,18H,3,5-16H2,1H3;1H4/b4-2+;4-2-;. The van der Waals surface area contributed by atoms with Crippen LogP contribution >= 0.6 is 0 Å². The molecular formula is C35H68O4. The van der Waals surface area contributed by atoms with Gasteiger partial charge in [-0.25, -0.2) is 0 Å². The summed E-state index contributed by atoms with van der Waals surface area (Å²) in [4.78, 5) is 21.5. The summed E-state index contributed by atoms with van der Waals surface area (Å²) >= 11 is 0. The van der Waals surface area contributed by atoms with Gasteiger partial charge >= 0.3 is 0 Å². The summed E-state index contributed by atoms with van der Waals surface area (Å²) in [6.07, 6.45) is 36.9. The fraction of sp³-hybridized carbons (Fsp3) is 0.829. The minimum atomic E-state index is 0. The van der Waals surface area contributed by atoms with E-state index in [1.165, 1.54) is 103 Å². The third-order valence-electron chi connectivity index (χ3n) is 6.69. The number of aliphatic hydroxyl groups is 2. The van der Waals surface area contributed by atoms with Gasteiger partial charge in [0, 0.05) is 26.1 Å². The van der Waals surface area contributed by atoms with Crippen molar-refractivity contribution < 1.29 is 19.8 Å². The predicted molar refractivity (Wildman–Crippen MR) is 171 cm³/mol. The number of allylic oxidation sites excluding steroid dienone is 4. The first-order valence-corrected chi connectivity index (χ1v) is 16.0. The lowest BCUT2D eigenvalue weighted by atomic mass is 10.1. The van der Waals surface area contributed by atoms with Gasteiger partial charge in [0.25, 0.3) is 0 Å². The molecule has 0 bridgehead atoms. The molecule has 0 saturated carbocycles. The highest BCUT2D eigenvalue weighted by Gasteiger charge is 1.95. The summed E-state index contributed by atoms with van der Waals surface area (Å²) in [7, 11) is 0. The van der Waals surface area contributed by atoms with Gasteiger partial charge in [0.1, 0.15) is 11.6 Å². The maximum absolute atomic E-state index is 10.7. The fourth-order valence-electron chi connectivity index (χ4n) is 4.26. The molecule has 0 radical (unpaired) electrons. The van der Waals surface area contributed by atoms with Crippen LogP contribution in [0.4, 0.5) is 0 Å². The Kier molecular flexibility index (Phi) is 42.1. The van der Waals surface area contributed by atoms with Gasteiger partial charge < -0.3 is 19.8 Å². The van der Waals surface area contributed by atoms with E-state index < -0.39 is 0 Å². The molecule has 0 aromatic carbocycles. The number of hydrogen-bond donors (Lipinski definition) is 2. The highest BCUT2D eigenvalue weighted by Crippen LogP contribution is 2.10. The Morgan fingerprint density at radius 1 is 0.410 bits per heavy atom. The third-order valence-corrected chi connectivity index (χ3v) is 6.69. The van der Waals surface area contributed by atoms with E-state index in [2.05, 4.69) is 24.3 Å². The zero-order chi connectivity index (χ0) is 28.4. The normalized spacial score (nSPS) is 11.0. The second kappa shape index (κ2) is 38.9. The fourth-order valence-corrected chi connectivity index (χ4v) is 4.26. The number of rotatable bonds is 28. The number of carbonyl (C=O) groups is 2. The van der Waals surface area contributed by atoms with Crippen LogP contribution in [-0.4, -0.2) is 35.0 Å². The molecule has 0 rings (SSSR count). The molecule has 0 aromatic heterocycles. The molecule has 0 aliphatic rings. The first-order valence-electron chi connectivity index (χ1n) is 16.0. The minimum absolute atomic E-state index is 0. The van der Waals surface area contributed by atoms with E-state index in [4.69, 9.17) is 10.2 Å². The Balaban J connectivity index is -0.000000648. The smallest absolute Gasteiger partial charge is 0.129 e. The second-order valence-electron chi connectivity index (χ2n) is 10.8. The lowest BCUT2D eigenvalue weighted by Crippen LogP contribution is -1.89. The Bertz CT molecular complexity index is 491. The van der Waals surface area contributed by atoms with Crippen molar-refractivity contribution in [2.45, 2.75) is 175 Å². The highest BCUT2D eigenvalue weighted by molar-refractivity contribution is 5.75. The summed E-state index contributed by atoms with van der Waals surface area (Å²) in [5.74, 6) is 0.642. The van der Waals surface area contributed by atoms with Crippen molar-refractivity contribution in [2.24, 2.45) is 0 Å². The Morgan fingerprint density at radius 2 is 0.641 bits per heavy atom. The average molecular weight is 553 g/mol. The molecule has 0 amide bonds. The summed E-state index contributed by atoms with van der Waals surface area (Å²) in [6, 6.07) is 0.